The molecule has 2 heterocycles. The minimum atomic E-state index is 0.0875. The Morgan fingerprint density at radius 2 is 1.88 bits per heavy atom. The Labute approximate surface area is 163 Å². The van der Waals surface area contributed by atoms with Gasteiger partial charge in [-0.1, -0.05) is 40.9 Å². The van der Waals surface area contributed by atoms with Crippen LogP contribution in [0, 0.1) is 0 Å². The molecule has 0 saturated carbocycles. The molecule has 128 valence electrons. The van der Waals surface area contributed by atoms with Crippen LogP contribution in [0.1, 0.15) is 6.04 Å². The van der Waals surface area contributed by atoms with Crippen LogP contribution < -0.4 is 0 Å². The van der Waals surface area contributed by atoms with Gasteiger partial charge in [-0.3, -0.25) is 0 Å². The first kappa shape index (κ1) is 17.0. The second-order valence-electron chi connectivity index (χ2n) is 5.67. The summed E-state index contributed by atoms with van der Waals surface area (Å²) in [7, 11) is 0. The van der Waals surface area contributed by atoms with Crippen molar-refractivity contribution in [2.24, 2.45) is 10.2 Å². The van der Waals surface area contributed by atoms with Gasteiger partial charge in [-0.25, -0.2) is 0 Å². The third kappa shape index (κ3) is 2.99. The summed E-state index contributed by atoms with van der Waals surface area (Å²) in [5.41, 5.74) is 1.71. The van der Waals surface area contributed by atoms with Gasteiger partial charge in [0.15, 0.2) is 5.69 Å². The molecule has 0 radical (unpaired) electrons. The van der Waals surface area contributed by atoms with Crippen molar-refractivity contribution in [3.63, 3.8) is 0 Å². The van der Waals surface area contributed by atoms with Crippen LogP contribution in [0.15, 0.2) is 46.6 Å². The van der Waals surface area contributed by atoms with Crippen LogP contribution >= 0.6 is 46.6 Å². The van der Waals surface area contributed by atoms with Crippen molar-refractivity contribution in [3.8, 4) is 5.88 Å². The van der Waals surface area contributed by atoms with Gasteiger partial charge in [0.25, 0.3) is 0 Å². The van der Waals surface area contributed by atoms with E-state index in [1.54, 1.807) is 30.3 Å². The van der Waals surface area contributed by atoms with Crippen LogP contribution in [0.4, 0.5) is 11.4 Å². The molecule has 0 spiro atoms. The molecule has 3 aromatic rings. The van der Waals surface area contributed by atoms with Crippen LogP contribution in [0.25, 0.3) is 10.9 Å². The van der Waals surface area contributed by atoms with Gasteiger partial charge >= 0.3 is 0 Å². The third-order valence-corrected chi connectivity index (χ3v) is 6.37. The molecule has 1 N–H and O–H groups in total. The van der Waals surface area contributed by atoms with Crippen molar-refractivity contribution in [3.05, 3.63) is 51.5 Å². The molecule has 2 aromatic carbocycles. The molecule has 1 fully saturated rings. The molecule has 1 aromatic heterocycles. The number of nitrogens with zero attached hydrogens (tertiary/aromatic N) is 3. The molecule has 0 amide bonds. The molecule has 0 unspecified atom stereocenters. The molecule has 1 aliphatic rings. The van der Waals surface area contributed by atoms with Gasteiger partial charge in [0.05, 0.1) is 21.6 Å². The molecule has 0 bridgehead atoms. The van der Waals surface area contributed by atoms with Crippen molar-refractivity contribution in [2.75, 3.05) is 11.5 Å². The number of benzene rings is 2. The van der Waals surface area contributed by atoms with Gasteiger partial charge in [-0.05, 0) is 30.3 Å². The largest absolute Gasteiger partial charge is 0.493 e. The predicted octanol–water partition coefficient (Wildman–Crippen LogP) is 7.01. The van der Waals surface area contributed by atoms with Crippen LogP contribution in [0.2, 0.25) is 15.1 Å². The number of hydrogen-bond donors (Lipinski definition) is 1. The zero-order valence-electron chi connectivity index (χ0n) is 12.8. The van der Waals surface area contributed by atoms with E-state index < -0.39 is 0 Å². The Hall–Kier alpha value is -1.40. The highest BCUT2D eigenvalue weighted by molar-refractivity contribution is 8.00. The summed E-state index contributed by atoms with van der Waals surface area (Å²) in [6.07, 6.45) is 0. The maximum absolute atomic E-state index is 10.7. The Kier molecular flexibility index (Phi) is 4.58. The fourth-order valence-electron chi connectivity index (χ4n) is 2.77. The minimum absolute atomic E-state index is 0.0875. The summed E-state index contributed by atoms with van der Waals surface area (Å²) in [4.78, 5) is 0. The fraction of sp³-hybridized carbons (Fsp3) is 0.176. The molecule has 0 atom stereocenters. The topological polar surface area (TPSA) is 49.9 Å². The van der Waals surface area contributed by atoms with E-state index in [4.69, 9.17) is 34.8 Å². The Morgan fingerprint density at radius 1 is 1.08 bits per heavy atom. The van der Waals surface area contributed by atoms with E-state index in [0.29, 0.717) is 26.4 Å². The van der Waals surface area contributed by atoms with Crippen LogP contribution in [0.5, 0.6) is 5.88 Å². The summed E-state index contributed by atoms with van der Waals surface area (Å²) in [5.74, 6) is 2.00. The second kappa shape index (κ2) is 6.72. The number of aromatic nitrogens is 1. The highest BCUT2D eigenvalue weighted by atomic mass is 35.5. The quantitative estimate of drug-likeness (QED) is 0.470. The predicted molar refractivity (Wildman–Crippen MR) is 106 cm³/mol. The molecular weight excluding hydrogens is 401 g/mol. The van der Waals surface area contributed by atoms with Crippen LogP contribution in [-0.4, -0.2) is 21.2 Å². The fourth-order valence-corrected chi connectivity index (χ4v) is 4.02. The van der Waals surface area contributed by atoms with E-state index in [-0.39, 0.29) is 11.9 Å². The smallest absolute Gasteiger partial charge is 0.221 e. The standard InChI is InChI=1S/C17H12Cl3N3OS/c18-9-4-5-14-11(6-9)16(17(24)23(14)10-7-25-8-10)22-21-13-3-1-2-12(19)15(13)20/h1-6,10,24H,7-8H2. The van der Waals surface area contributed by atoms with Gasteiger partial charge in [0.2, 0.25) is 5.88 Å². The average Bonchev–Trinajstić information content (AvgIpc) is 2.80. The maximum Gasteiger partial charge on any atom is 0.221 e. The van der Waals surface area contributed by atoms with E-state index >= 15 is 0 Å². The molecule has 4 nitrogen and oxygen atoms in total. The molecule has 4 rings (SSSR count). The zero-order valence-corrected chi connectivity index (χ0v) is 15.9. The summed E-state index contributed by atoms with van der Waals surface area (Å²) in [5, 5.41) is 21.2. The second-order valence-corrected chi connectivity index (χ2v) is 7.96. The number of hydrogen-bond acceptors (Lipinski definition) is 4. The first-order valence-electron chi connectivity index (χ1n) is 7.52. The lowest BCUT2D eigenvalue weighted by Crippen LogP contribution is -2.22. The zero-order chi connectivity index (χ0) is 17.6. The van der Waals surface area contributed by atoms with Gasteiger partial charge < -0.3 is 9.67 Å². The van der Waals surface area contributed by atoms with Crippen molar-refractivity contribution in [1.29, 1.82) is 0 Å². The Morgan fingerprint density at radius 3 is 2.60 bits per heavy atom. The van der Waals surface area contributed by atoms with Crippen molar-refractivity contribution in [2.45, 2.75) is 6.04 Å². The van der Waals surface area contributed by atoms with Gasteiger partial charge in [-0.15, -0.1) is 10.2 Å². The van der Waals surface area contributed by atoms with E-state index in [1.807, 2.05) is 22.4 Å². The van der Waals surface area contributed by atoms with Gasteiger partial charge in [0, 0.05) is 21.9 Å². The monoisotopic (exact) mass is 411 g/mol. The Balaban J connectivity index is 1.86. The van der Waals surface area contributed by atoms with Gasteiger partial charge in [0.1, 0.15) is 5.69 Å². The summed E-state index contributed by atoms with van der Waals surface area (Å²) >= 11 is 20.1. The number of fused-ring (bicyclic) bond motifs is 1. The molecular formula is C17H12Cl3N3OS. The van der Waals surface area contributed by atoms with Crippen molar-refractivity contribution < 1.29 is 5.11 Å². The average molecular weight is 413 g/mol. The number of thioether (sulfide) groups is 1. The lowest BCUT2D eigenvalue weighted by atomic mass is 10.2. The lowest BCUT2D eigenvalue weighted by molar-refractivity contribution is 0.406. The van der Waals surface area contributed by atoms with Gasteiger partial charge in [-0.2, -0.15) is 11.8 Å². The Bertz CT molecular complexity index is 998. The van der Waals surface area contributed by atoms with Crippen molar-refractivity contribution >= 4 is 68.8 Å². The maximum atomic E-state index is 10.7. The first-order chi connectivity index (χ1) is 12.1. The molecule has 8 heteroatoms. The van der Waals surface area contributed by atoms with E-state index in [1.165, 1.54) is 0 Å². The summed E-state index contributed by atoms with van der Waals surface area (Å²) < 4.78 is 1.90. The van der Waals surface area contributed by atoms with Crippen molar-refractivity contribution in [1.82, 2.24) is 4.57 Å². The van der Waals surface area contributed by atoms with E-state index in [0.717, 1.165) is 22.4 Å². The third-order valence-electron chi connectivity index (χ3n) is 4.09. The number of azo groups is 1. The normalized spacial score (nSPS) is 15.2. The number of rotatable bonds is 3. The summed E-state index contributed by atoms with van der Waals surface area (Å²) in [6.45, 7) is 0. The minimum Gasteiger partial charge on any atom is -0.493 e. The van der Waals surface area contributed by atoms with Crippen LogP contribution in [0.3, 0.4) is 0 Å². The molecule has 1 aliphatic heterocycles. The van der Waals surface area contributed by atoms with E-state index in [9.17, 15) is 5.11 Å². The number of halogens is 3. The lowest BCUT2D eigenvalue weighted by Gasteiger charge is -2.27. The highest BCUT2D eigenvalue weighted by Gasteiger charge is 2.27. The molecule has 1 saturated heterocycles. The first-order valence-corrected chi connectivity index (χ1v) is 9.81. The summed E-state index contributed by atoms with van der Waals surface area (Å²) in [6, 6.07) is 10.9. The molecule has 25 heavy (non-hydrogen) atoms. The highest BCUT2D eigenvalue weighted by Crippen LogP contribution is 2.46. The molecule has 0 aliphatic carbocycles. The number of aromatic hydroxyl groups is 1. The van der Waals surface area contributed by atoms with E-state index in [2.05, 4.69) is 10.2 Å². The van der Waals surface area contributed by atoms with Crippen LogP contribution in [-0.2, 0) is 0 Å². The SMILES string of the molecule is Oc1c(N=Nc2cccc(Cl)c2Cl)c2cc(Cl)ccc2n1C1CSC1.